The van der Waals surface area contributed by atoms with E-state index < -0.39 is 5.97 Å². The van der Waals surface area contributed by atoms with E-state index in [4.69, 9.17) is 0 Å². The fourth-order valence-electron chi connectivity index (χ4n) is 4.23. The van der Waals surface area contributed by atoms with Gasteiger partial charge < -0.3 is 15.0 Å². The first kappa shape index (κ1) is 25.8. The fourth-order valence-corrected chi connectivity index (χ4v) is 4.23. The minimum Gasteiger partial charge on any atom is -0.544 e. The molecule has 168 valence electrons. The van der Waals surface area contributed by atoms with Crippen LogP contribution >= 0.6 is 0 Å². The molecule has 1 aliphatic heterocycles. The molecule has 0 saturated carbocycles. The molecule has 0 radical (unpaired) electrons. The van der Waals surface area contributed by atoms with Crippen LogP contribution in [0.5, 0.6) is 0 Å². The highest BCUT2D eigenvalue weighted by Crippen LogP contribution is 2.21. The van der Waals surface area contributed by atoms with Crippen molar-refractivity contribution in [3.8, 4) is 0 Å². The first-order valence-corrected chi connectivity index (χ1v) is 12.1. The van der Waals surface area contributed by atoms with Gasteiger partial charge in [0.25, 0.3) is 0 Å². The van der Waals surface area contributed by atoms with Crippen molar-refractivity contribution < 1.29 is 19.5 Å². The predicted octanol–water partition coefficient (Wildman–Crippen LogP) is 4.69. The van der Waals surface area contributed by atoms with Gasteiger partial charge in [-0.3, -0.25) is 0 Å². The Hall–Kier alpha value is -1.20. The lowest BCUT2D eigenvalue weighted by molar-refractivity contribution is -0.783. The van der Waals surface area contributed by atoms with Crippen molar-refractivity contribution in [2.75, 3.05) is 19.7 Å². The molecular weight excluding hydrogens is 364 g/mol. The van der Waals surface area contributed by atoms with Gasteiger partial charge in [-0.1, -0.05) is 96.8 Å². The topological polar surface area (TPSA) is 72.7 Å². The van der Waals surface area contributed by atoms with Crippen LogP contribution < -0.4 is 5.11 Å². The van der Waals surface area contributed by atoms with Crippen LogP contribution in [0.2, 0.25) is 0 Å². The number of rotatable bonds is 20. The first-order chi connectivity index (χ1) is 14.1. The molecule has 1 heterocycles. The second-order valence-electron chi connectivity index (χ2n) is 8.55. The van der Waals surface area contributed by atoms with E-state index in [-0.39, 0.29) is 17.6 Å². The Morgan fingerprint density at radius 1 is 0.897 bits per heavy atom. The van der Waals surface area contributed by atoms with Crippen molar-refractivity contribution in [1.29, 1.82) is 0 Å². The molecule has 0 aromatic rings. The van der Waals surface area contributed by atoms with Gasteiger partial charge in [0.1, 0.15) is 19.3 Å². The maximum absolute atomic E-state index is 11.1. The molecule has 0 saturated heterocycles. The third kappa shape index (κ3) is 11.5. The van der Waals surface area contributed by atoms with Crippen molar-refractivity contribution in [2.24, 2.45) is 4.99 Å². The van der Waals surface area contributed by atoms with Gasteiger partial charge >= 0.3 is 0 Å². The molecule has 0 aromatic carbocycles. The molecule has 1 atom stereocenters. The van der Waals surface area contributed by atoms with Gasteiger partial charge in [0, 0.05) is 6.42 Å². The van der Waals surface area contributed by atoms with Crippen molar-refractivity contribution in [1.82, 2.24) is 0 Å². The highest BCUT2D eigenvalue weighted by Gasteiger charge is 2.34. The molecule has 0 aliphatic carbocycles. The Balaban J connectivity index is 1.98. The molecule has 1 N–H and O–H groups in total. The van der Waals surface area contributed by atoms with Crippen LogP contribution in [0.15, 0.2) is 17.4 Å². The number of carboxylic acid groups (broad SMARTS) is 1. The fraction of sp³-hybridized carbons (Fsp3) is 0.833. The third-order valence-electron chi connectivity index (χ3n) is 6.00. The number of quaternary nitrogens is 1. The van der Waals surface area contributed by atoms with Gasteiger partial charge in [-0.25, -0.2) is 9.48 Å². The number of carboxylic acids is 1. The van der Waals surface area contributed by atoms with Gasteiger partial charge in [0.2, 0.25) is 5.84 Å². The van der Waals surface area contributed by atoms with Crippen molar-refractivity contribution >= 4 is 11.8 Å². The molecule has 0 amide bonds. The van der Waals surface area contributed by atoms with E-state index in [1.165, 1.54) is 83.5 Å². The molecule has 29 heavy (non-hydrogen) atoms. The molecule has 0 spiro atoms. The number of hydrogen-bond donors (Lipinski definition) is 1. The molecule has 1 unspecified atom stereocenters. The summed E-state index contributed by atoms with van der Waals surface area (Å²) in [6, 6.07) is 0. The van der Waals surface area contributed by atoms with Crippen LogP contribution in [0.1, 0.15) is 110 Å². The van der Waals surface area contributed by atoms with Crippen molar-refractivity contribution in [2.45, 2.75) is 110 Å². The zero-order valence-electron chi connectivity index (χ0n) is 18.7. The number of aliphatic hydroxyl groups is 1. The van der Waals surface area contributed by atoms with Crippen molar-refractivity contribution in [3.63, 3.8) is 0 Å². The zero-order valence-corrected chi connectivity index (χ0v) is 18.7. The highest BCUT2D eigenvalue weighted by molar-refractivity contribution is 5.80. The average Bonchev–Trinajstić information content (AvgIpc) is 3.06. The summed E-state index contributed by atoms with van der Waals surface area (Å²) in [7, 11) is 0. The van der Waals surface area contributed by atoms with E-state index in [1.807, 2.05) is 0 Å². The van der Waals surface area contributed by atoms with E-state index in [1.54, 1.807) is 12.4 Å². The van der Waals surface area contributed by atoms with Crippen molar-refractivity contribution in [3.05, 3.63) is 12.4 Å². The lowest BCUT2D eigenvalue weighted by Crippen LogP contribution is -2.54. The lowest BCUT2D eigenvalue weighted by atomic mass is 10.0. The van der Waals surface area contributed by atoms with E-state index >= 15 is 0 Å². The predicted molar refractivity (Wildman–Crippen MR) is 118 cm³/mol. The number of hydrogen-bond acceptors (Lipinski definition) is 4. The number of aliphatic hydroxyl groups excluding tert-OH is 1. The number of aliphatic imine (C=N–C) groups is 1. The lowest BCUT2D eigenvalue weighted by Gasteiger charge is -2.32. The van der Waals surface area contributed by atoms with Gasteiger partial charge in [0.05, 0.1) is 18.8 Å². The minimum absolute atomic E-state index is 0.0600. The number of amidine groups is 1. The number of unbranched alkanes of at least 4 members (excludes halogenated alkanes) is 14. The number of nitrogens with zero attached hydrogens (tertiary/aromatic N) is 2. The second kappa shape index (κ2) is 16.6. The summed E-state index contributed by atoms with van der Waals surface area (Å²) in [5.74, 6) is -0.257. The van der Waals surface area contributed by atoms with Crippen LogP contribution in [0.25, 0.3) is 0 Å². The Labute approximate surface area is 178 Å². The molecule has 0 bridgehead atoms. The van der Waals surface area contributed by atoms with Crippen LogP contribution in [-0.2, 0) is 4.79 Å². The standard InChI is InChI=1S/C24H44N2O3/c1-2-3-4-5-6-7-8-9-10-11-12-13-14-15-16-17-23-25-18-19-26(23,20-21-27)22-24(28)29/h18-19,27H,2-17,20-22H2,1H3. The molecule has 1 aliphatic rings. The molecular formula is C24H44N2O3. The summed E-state index contributed by atoms with van der Waals surface area (Å²) in [4.78, 5) is 15.5. The third-order valence-corrected chi connectivity index (χ3v) is 6.00. The number of aliphatic carboxylic acids is 1. The smallest absolute Gasteiger partial charge is 0.207 e. The van der Waals surface area contributed by atoms with E-state index in [2.05, 4.69) is 11.9 Å². The van der Waals surface area contributed by atoms with Gasteiger partial charge in [-0.15, -0.1) is 0 Å². The summed E-state index contributed by atoms with van der Waals surface area (Å²) in [6.07, 6.45) is 24.2. The quantitative estimate of drug-likeness (QED) is 0.235. The number of carbonyl (C=O) groups excluding carboxylic acids is 1. The summed E-state index contributed by atoms with van der Waals surface area (Å²) in [6.45, 7) is 2.41. The SMILES string of the molecule is CCCCCCCCCCCCCCCCCC1=NC=C[N+]1(CCO)CC(=O)[O-]. The van der Waals surface area contributed by atoms with E-state index in [0.29, 0.717) is 6.54 Å². The van der Waals surface area contributed by atoms with Gasteiger partial charge in [0.15, 0.2) is 0 Å². The minimum atomic E-state index is -1.10. The summed E-state index contributed by atoms with van der Waals surface area (Å²) in [5.41, 5.74) is 0. The molecule has 0 fully saturated rings. The Kier molecular flexibility index (Phi) is 14.8. The molecule has 5 heteroatoms. The van der Waals surface area contributed by atoms with Gasteiger partial charge in [-0.2, -0.15) is 0 Å². The average molecular weight is 409 g/mol. The van der Waals surface area contributed by atoms with Gasteiger partial charge in [-0.05, 0) is 6.42 Å². The first-order valence-electron chi connectivity index (χ1n) is 12.1. The summed E-state index contributed by atoms with van der Waals surface area (Å²) < 4.78 is 0.122. The molecule has 1 rings (SSSR count). The van der Waals surface area contributed by atoms with Crippen LogP contribution in [0.3, 0.4) is 0 Å². The monoisotopic (exact) mass is 408 g/mol. The highest BCUT2D eigenvalue weighted by atomic mass is 16.4. The Morgan fingerprint density at radius 2 is 1.38 bits per heavy atom. The van der Waals surface area contributed by atoms with Crippen LogP contribution in [-0.4, -0.2) is 41.1 Å². The number of carbonyl (C=O) groups is 1. The summed E-state index contributed by atoms with van der Waals surface area (Å²) in [5, 5.41) is 20.4. The Morgan fingerprint density at radius 3 is 1.83 bits per heavy atom. The molecule has 5 nitrogen and oxygen atoms in total. The summed E-state index contributed by atoms with van der Waals surface area (Å²) >= 11 is 0. The molecule has 0 aromatic heterocycles. The maximum atomic E-state index is 11.1. The Bertz CT molecular complexity index is 491. The second-order valence-corrected chi connectivity index (χ2v) is 8.55. The van der Waals surface area contributed by atoms with Crippen LogP contribution in [0, 0.1) is 0 Å². The van der Waals surface area contributed by atoms with Crippen LogP contribution in [0.4, 0.5) is 0 Å². The maximum Gasteiger partial charge on any atom is 0.207 e. The largest absolute Gasteiger partial charge is 0.544 e. The zero-order chi connectivity index (χ0) is 21.2. The normalized spacial score (nSPS) is 18.3. The van der Waals surface area contributed by atoms with E-state index in [0.717, 1.165) is 25.1 Å². The van der Waals surface area contributed by atoms with E-state index in [9.17, 15) is 15.0 Å².